The highest BCUT2D eigenvalue weighted by Crippen LogP contribution is 2.30. The summed E-state index contributed by atoms with van der Waals surface area (Å²) in [6.07, 6.45) is 7.86. The molecule has 1 amide bonds. The molecular weight excluding hydrogens is 392 g/mol. The fourth-order valence-electron chi connectivity index (χ4n) is 4.18. The van der Waals surface area contributed by atoms with Gasteiger partial charge in [-0.15, -0.1) is 0 Å². The van der Waals surface area contributed by atoms with E-state index in [4.69, 9.17) is 9.52 Å². The van der Waals surface area contributed by atoms with E-state index in [9.17, 15) is 9.59 Å². The van der Waals surface area contributed by atoms with Crippen molar-refractivity contribution >= 4 is 16.9 Å². The normalized spacial score (nSPS) is 13.2. The summed E-state index contributed by atoms with van der Waals surface area (Å²) in [6, 6.07) is 12.1. The van der Waals surface area contributed by atoms with Crippen LogP contribution in [0.25, 0.3) is 22.2 Å². The van der Waals surface area contributed by atoms with Crippen LogP contribution in [-0.4, -0.2) is 27.2 Å². The molecule has 5 rings (SSSR count). The van der Waals surface area contributed by atoms with Gasteiger partial charge in [0.1, 0.15) is 5.58 Å². The lowest BCUT2D eigenvalue weighted by Crippen LogP contribution is -2.28. The molecule has 0 saturated heterocycles. The summed E-state index contributed by atoms with van der Waals surface area (Å²) >= 11 is 0. The highest BCUT2D eigenvalue weighted by atomic mass is 16.3. The zero-order valence-electron chi connectivity index (χ0n) is 17.0. The third-order valence-electron chi connectivity index (χ3n) is 5.68. The van der Waals surface area contributed by atoms with Crippen LogP contribution in [0.3, 0.4) is 0 Å². The lowest BCUT2D eigenvalue weighted by atomic mass is 9.94. The molecule has 7 nitrogen and oxygen atoms in total. The van der Waals surface area contributed by atoms with Gasteiger partial charge in [0.2, 0.25) is 0 Å². The predicted octanol–water partition coefficient (Wildman–Crippen LogP) is 3.36. The van der Waals surface area contributed by atoms with E-state index in [0.29, 0.717) is 24.1 Å². The van der Waals surface area contributed by atoms with Crippen molar-refractivity contribution in [2.75, 3.05) is 6.54 Å². The maximum Gasteiger partial charge on any atom is 0.287 e. The van der Waals surface area contributed by atoms with Gasteiger partial charge >= 0.3 is 0 Å². The maximum atomic E-state index is 12.6. The minimum absolute atomic E-state index is 0.0173. The Kier molecular flexibility index (Phi) is 5.08. The Hall–Kier alpha value is -3.74. The Bertz CT molecular complexity index is 1310. The van der Waals surface area contributed by atoms with Crippen LogP contribution in [0.5, 0.6) is 0 Å². The topological polar surface area (TPSA) is 90.0 Å². The largest absolute Gasteiger partial charge is 0.451 e. The van der Waals surface area contributed by atoms with E-state index >= 15 is 0 Å². The lowest BCUT2D eigenvalue weighted by molar-refractivity contribution is 0.0924. The second kappa shape index (κ2) is 8.18. The summed E-state index contributed by atoms with van der Waals surface area (Å²) in [5, 5.41) is 8.17. The molecule has 1 N–H and O–H groups in total. The van der Waals surface area contributed by atoms with Crippen LogP contribution in [-0.2, 0) is 19.4 Å². The number of hydrogen-bond donors (Lipinski definition) is 1. The van der Waals surface area contributed by atoms with Crippen LogP contribution in [0.4, 0.5) is 0 Å². The third-order valence-corrected chi connectivity index (χ3v) is 5.68. The first-order valence-electron chi connectivity index (χ1n) is 10.5. The average molecular weight is 414 g/mol. The van der Waals surface area contributed by atoms with E-state index in [1.54, 1.807) is 36.7 Å². The molecule has 3 aromatic heterocycles. The number of hydrogen-bond acceptors (Lipinski definition) is 5. The van der Waals surface area contributed by atoms with Gasteiger partial charge in [-0.05, 0) is 49.9 Å². The molecule has 31 heavy (non-hydrogen) atoms. The van der Waals surface area contributed by atoms with Gasteiger partial charge in [-0.2, -0.15) is 5.10 Å². The van der Waals surface area contributed by atoms with E-state index in [1.807, 2.05) is 16.8 Å². The van der Waals surface area contributed by atoms with Crippen LogP contribution in [0, 0.1) is 0 Å². The number of carbonyl (C=O) groups excluding carboxylic acids is 1. The molecule has 0 atom stereocenters. The number of rotatable bonds is 5. The average Bonchev–Trinajstić information content (AvgIpc) is 3.18. The van der Waals surface area contributed by atoms with E-state index in [2.05, 4.69) is 10.3 Å². The molecule has 1 aromatic carbocycles. The van der Waals surface area contributed by atoms with Gasteiger partial charge in [-0.1, -0.05) is 12.1 Å². The van der Waals surface area contributed by atoms with Crippen molar-refractivity contribution in [1.82, 2.24) is 20.1 Å². The number of amides is 1. The summed E-state index contributed by atoms with van der Waals surface area (Å²) in [6.45, 7) is 0.941. The molecule has 0 aliphatic heterocycles. The monoisotopic (exact) mass is 414 g/mol. The summed E-state index contributed by atoms with van der Waals surface area (Å²) in [7, 11) is 0. The maximum absolute atomic E-state index is 12.6. The van der Waals surface area contributed by atoms with Crippen molar-refractivity contribution in [2.45, 2.75) is 32.2 Å². The second-order valence-electron chi connectivity index (χ2n) is 7.67. The molecule has 1 aliphatic carbocycles. The lowest BCUT2D eigenvalue weighted by Gasteiger charge is -2.14. The number of benzene rings is 1. The number of carbonyl (C=O) groups is 1. The SMILES string of the molecule is O=C(NCCn1nc(-c2ccncc2)c2c1CCCC2)c1cc(=O)c2ccccc2o1. The van der Waals surface area contributed by atoms with Crippen molar-refractivity contribution in [2.24, 2.45) is 0 Å². The number of aromatic nitrogens is 3. The van der Waals surface area contributed by atoms with E-state index in [0.717, 1.165) is 36.9 Å². The fraction of sp³-hybridized carbons (Fsp3) is 0.250. The van der Waals surface area contributed by atoms with Crippen molar-refractivity contribution < 1.29 is 9.21 Å². The van der Waals surface area contributed by atoms with Crippen LogP contribution >= 0.6 is 0 Å². The first-order chi connectivity index (χ1) is 15.2. The van der Waals surface area contributed by atoms with Crippen LogP contribution in [0.1, 0.15) is 34.7 Å². The molecule has 0 bridgehead atoms. The molecule has 4 aromatic rings. The Morgan fingerprint density at radius 2 is 1.90 bits per heavy atom. The number of pyridine rings is 1. The molecule has 156 valence electrons. The Balaban J connectivity index is 1.33. The van der Waals surface area contributed by atoms with Gasteiger partial charge in [0.25, 0.3) is 5.91 Å². The Morgan fingerprint density at radius 3 is 2.77 bits per heavy atom. The second-order valence-corrected chi connectivity index (χ2v) is 7.67. The molecule has 0 saturated carbocycles. The molecule has 0 fully saturated rings. The van der Waals surface area contributed by atoms with Crippen molar-refractivity contribution in [3.05, 3.63) is 82.1 Å². The van der Waals surface area contributed by atoms with Gasteiger partial charge in [0.05, 0.1) is 17.6 Å². The summed E-state index contributed by atoms with van der Waals surface area (Å²) in [4.78, 5) is 28.9. The quantitative estimate of drug-likeness (QED) is 0.541. The summed E-state index contributed by atoms with van der Waals surface area (Å²) in [5.41, 5.74) is 4.78. The minimum atomic E-state index is -0.404. The molecule has 3 heterocycles. The zero-order valence-corrected chi connectivity index (χ0v) is 17.0. The van der Waals surface area contributed by atoms with Crippen LogP contribution in [0.2, 0.25) is 0 Å². The van der Waals surface area contributed by atoms with Gasteiger partial charge in [0, 0.05) is 41.8 Å². The number of nitrogens with zero attached hydrogens (tertiary/aromatic N) is 3. The van der Waals surface area contributed by atoms with Crippen molar-refractivity contribution in [3.63, 3.8) is 0 Å². The molecule has 0 unspecified atom stereocenters. The predicted molar refractivity (Wildman–Crippen MR) is 117 cm³/mol. The molecular formula is C24H22N4O3. The Labute approximate surface area is 178 Å². The van der Waals surface area contributed by atoms with Gasteiger partial charge in [-0.25, -0.2) is 0 Å². The molecule has 1 aliphatic rings. The zero-order chi connectivity index (χ0) is 21.2. The number of nitrogens with one attached hydrogen (secondary N) is 1. The minimum Gasteiger partial charge on any atom is -0.451 e. The number of fused-ring (bicyclic) bond motifs is 2. The van der Waals surface area contributed by atoms with Crippen molar-refractivity contribution in [3.8, 4) is 11.3 Å². The summed E-state index contributed by atoms with van der Waals surface area (Å²) < 4.78 is 7.62. The third kappa shape index (κ3) is 3.74. The smallest absolute Gasteiger partial charge is 0.287 e. The molecule has 7 heteroatoms. The first kappa shape index (κ1) is 19.2. The molecule has 0 radical (unpaired) electrons. The van der Waals surface area contributed by atoms with E-state index in [-0.39, 0.29) is 11.2 Å². The summed E-state index contributed by atoms with van der Waals surface area (Å²) in [5.74, 6) is -0.387. The van der Waals surface area contributed by atoms with Gasteiger partial charge in [-0.3, -0.25) is 19.3 Å². The van der Waals surface area contributed by atoms with E-state index in [1.165, 1.54) is 17.3 Å². The molecule has 0 spiro atoms. The van der Waals surface area contributed by atoms with Crippen molar-refractivity contribution in [1.29, 1.82) is 0 Å². The van der Waals surface area contributed by atoms with Gasteiger partial charge < -0.3 is 9.73 Å². The highest BCUT2D eigenvalue weighted by molar-refractivity contribution is 5.93. The Morgan fingerprint density at radius 1 is 1.10 bits per heavy atom. The highest BCUT2D eigenvalue weighted by Gasteiger charge is 2.21. The van der Waals surface area contributed by atoms with Gasteiger partial charge in [0.15, 0.2) is 11.2 Å². The van der Waals surface area contributed by atoms with E-state index < -0.39 is 5.91 Å². The standard InChI is InChI=1S/C24H22N4O3/c29-20-15-22(31-21-8-4-2-6-18(20)21)24(30)26-13-14-28-19-7-3-1-5-17(19)23(27-28)16-9-11-25-12-10-16/h2,4,6,8-12,15H,1,3,5,7,13-14H2,(H,26,30). The van der Waals surface area contributed by atoms with Crippen LogP contribution in [0.15, 0.2) is 64.1 Å². The fourth-order valence-corrected chi connectivity index (χ4v) is 4.18. The first-order valence-corrected chi connectivity index (χ1v) is 10.5. The number of para-hydroxylation sites is 1. The van der Waals surface area contributed by atoms with Crippen LogP contribution < -0.4 is 10.7 Å².